The summed E-state index contributed by atoms with van der Waals surface area (Å²) in [6.07, 6.45) is 5.23. The van der Waals surface area contributed by atoms with Gasteiger partial charge in [0.25, 0.3) is 0 Å². The van der Waals surface area contributed by atoms with Crippen molar-refractivity contribution in [1.82, 2.24) is 14.5 Å². The number of nitrogens with zero attached hydrogens (tertiary/aromatic N) is 3. The molecule has 5 nitrogen and oxygen atoms in total. The van der Waals surface area contributed by atoms with Crippen LogP contribution in [-0.2, 0) is 11.3 Å². The SMILES string of the molecule is CC1(Cn2c(SCC(=O)O)nc3cc(Cl)cnc32)CCC1. The van der Waals surface area contributed by atoms with Crippen molar-refractivity contribution < 1.29 is 9.90 Å². The van der Waals surface area contributed by atoms with Gasteiger partial charge in [0.1, 0.15) is 5.52 Å². The summed E-state index contributed by atoms with van der Waals surface area (Å²) in [4.78, 5) is 19.7. The van der Waals surface area contributed by atoms with E-state index >= 15 is 0 Å². The number of aromatic nitrogens is 3. The van der Waals surface area contributed by atoms with Gasteiger partial charge < -0.3 is 9.67 Å². The molecule has 1 N–H and O–H groups in total. The molecular weight excluding hydrogens is 310 g/mol. The lowest BCUT2D eigenvalue weighted by molar-refractivity contribution is -0.133. The van der Waals surface area contributed by atoms with Crippen molar-refractivity contribution in [2.75, 3.05) is 5.75 Å². The lowest BCUT2D eigenvalue weighted by atomic mass is 9.70. The second kappa shape index (κ2) is 5.50. The predicted molar refractivity (Wildman–Crippen MR) is 82.9 cm³/mol. The first-order chi connectivity index (χ1) is 9.97. The number of fused-ring (bicyclic) bond motifs is 1. The molecule has 3 rings (SSSR count). The maximum Gasteiger partial charge on any atom is 0.313 e. The number of pyridine rings is 1. The Balaban J connectivity index is 1.99. The van der Waals surface area contributed by atoms with Crippen LogP contribution in [0.2, 0.25) is 5.02 Å². The molecule has 2 aromatic rings. The molecule has 1 aliphatic rings. The van der Waals surface area contributed by atoms with Gasteiger partial charge in [0.2, 0.25) is 0 Å². The van der Waals surface area contributed by atoms with Gasteiger partial charge in [-0.3, -0.25) is 4.79 Å². The number of aliphatic carboxylic acids is 1. The fourth-order valence-electron chi connectivity index (χ4n) is 2.66. The molecule has 21 heavy (non-hydrogen) atoms. The van der Waals surface area contributed by atoms with Gasteiger partial charge in [-0.1, -0.05) is 36.7 Å². The Hall–Kier alpha value is -1.27. The lowest BCUT2D eigenvalue weighted by Gasteiger charge is -2.38. The van der Waals surface area contributed by atoms with Gasteiger partial charge >= 0.3 is 5.97 Å². The van der Waals surface area contributed by atoms with Gasteiger partial charge in [0, 0.05) is 12.7 Å². The topological polar surface area (TPSA) is 68.0 Å². The van der Waals surface area contributed by atoms with Crippen molar-refractivity contribution in [3.63, 3.8) is 0 Å². The molecule has 1 aliphatic carbocycles. The van der Waals surface area contributed by atoms with Gasteiger partial charge in [0.15, 0.2) is 10.8 Å². The number of carboxylic acids is 1. The van der Waals surface area contributed by atoms with Crippen LogP contribution in [0.5, 0.6) is 0 Å². The van der Waals surface area contributed by atoms with Gasteiger partial charge in [-0.25, -0.2) is 9.97 Å². The Morgan fingerprint density at radius 3 is 2.95 bits per heavy atom. The summed E-state index contributed by atoms with van der Waals surface area (Å²) in [5, 5.41) is 10.1. The van der Waals surface area contributed by atoms with E-state index in [2.05, 4.69) is 16.9 Å². The zero-order chi connectivity index (χ0) is 15.0. The molecule has 1 fully saturated rings. The van der Waals surface area contributed by atoms with Crippen LogP contribution in [-0.4, -0.2) is 31.4 Å². The third kappa shape index (κ3) is 3.01. The summed E-state index contributed by atoms with van der Waals surface area (Å²) in [5.41, 5.74) is 1.76. The zero-order valence-electron chi connectivity index (χ0n) is 11.7. The molecule has 112 valence electrons. The van der Waals surface area contributed by atoms with Crippen LogP contribution in [0.15, 0.2) is 17.4 Å². The van der Waals surface area contributed by atoms with Crippen molar-refractivity contribution in [2.45, 2.75) is 37.9 Å². The number of rotatable bonds is 5. The second-order valence-electron chi connectivity index (χ2n) is 5.82. The van der Waals surface area contributed by atoms with Gasteiger partial charge in [-0.2, -0.15) is 0 Å². The van der Waals surface area contributed by atoms with Crippen LogP contribution in [0, 0.1) is 5.41 Å². The minimum atomic E-state index is -0.848. The van der Waals surface area contributed by atoms with E-state index in [1.807, 2.05) is 4.57 Å². The zero-order valence-corrected chi connectivity index (χ0v) is 13.2. The largest absolute Gasteiger partial charge is 0.481 e. The van der Waals surface area contributed by atoms with Crippen LogP contribution >= 0.6 is 23.4 Å². The van der Waals surface area contributed by atoms with E-state index in [0.29, 0.717) is 10.2 Å². The average Bonchev–Trinajstić information content (AvgIpc) is 2.71. The number of carboxylic acid groups (broad SMARTS) is 1. The van der Waals surface area contributed by atoms with Crippen molar-refractivity contribution in [2.24, 2.45) is 5.41 Å². The molecule has 0 radical (unpaired) electrons. The summed E-state index contributed by atoms with van der Waals surface area (Å²) >= 11 is 7.20. The monoisotopic (exact) mass is 325 g/mol. The van der Waals surface area contributed by atoms with E-state index in [1.165, 1.54) is 31.0 Å². The third-order valence-electron chi connectivity index (χ3n) is 3.94. The van der Waals surface area contributed by atoms with E-state index in [4.69, 9.17) is 16.7 Å². The summed E-state index contributed by atoms with van der Waals surface area (Å²) in [6, 6.07) is 1.77. The van der Waals surface area contributed by atoms with Gasteiger partial charge in [0.05, 0.1) is 10.8 Å². The van der Waals surface area contributed by atoms with E-state index in [1.54, 1.807) is 12.3 Å². The Kier molecular flexibility index (Phi) is 3.84. The quantitative estimate of drug-likeness (QED) is 0.853. The number of hydrogen-bond acceptors (Lipinski definition) is 4. The predicted octanol–water partition coefficient (Wildman–Crippen LogP) is 3.45. The van der Waals surface area contributed by atoms with Crippen molar-refractivity contribution in [3.05, 3.63) is 17.3 Å². The normalized spacial score (nSPS) is 16.9. The number of carbonyl (C=O) groups is 1. The number of thioether (sulfide) groups is 1. The fraction of sp³-hybridized carbons (Fsp3) is 0.500. The van der Waals surface area contributed by atoms with E-state index in [-0.39, 0.29) is 11.2 Å². The minimum Gasteiger partial charge on any atom is -0.481 e. The summed E-state index contributed by atoms with van der Waals surface area (Å²) in [6.45, 7) is 3.07. The minimum absolute atomic E-state index is 0.00618. The molecule has 0 spiro atoms. The fourth-order valence-corrected chi connectivity index (χ4v) is 3.54. The number of halogens is 1. The van der Waals surface area contributed by atoms with Crippen LogP contribution in [0.4, 0.5) is 0 Å². The van der Waals surface area contributed by atoms with Crippen LogP contribution < -0.4 is 0 Å². The smallest absolute Gasteiger partial charge is 0.313 e. The molecule has 0 aromatic carbocycles. The molecule has 0 unspecified atom stereocenters. The highest BCUT2D eigenvalue weighted by molar-refractivity contribution is 7.99. The maximum absolute atomic E-state index is 10.8. The standard InChI is InChI=1S/C14H16ClN3O2S/c1-14(3-2-4-14)8-18-12-10(5-9(15)6-16-12)17-13(18)21-7-11(19)20/h5-6H,2-4,7-8H2,1H3,(H,19,20). The Labute approximate surface area is 131 Å². The van der Waals surface area contributed by atoms with E-state index < -0.39 is 5.97 Å². The van der Waals surface area contributed by atoms with Crippen LogP contribution in [0.3, 0.4) is 0 Å². The van der Waals surface area contributed by atoms with Gasteiger partial charge in [-0.05, 0) is 24.3 Å². The first-order valence-corrected chi connectivity index (χ1v) is 8.20. The van der Waals surface area contributed by atoms with E-state index in [0.717, 1.165) is 17.7 Å². The van der Waals surface area contributed by atoms with Crippen molar-refractivity contribution >= 4 is 40.5 Å². The molecule has 0 atom stereocenters. The molecule has 7 heteroatoms. The summed E-state index contributed by atoms with van der Waals surface area (Å²) in [7, 11) is 0. The first kappa shape index (κ1) is 14.7. The highest BCUT2D eigenvalue weighted by atomic mass is 35.5. The van der Waals surface area contributed by atoms with Crippen LogP contribution in [0.25, 0.3) is 11.2 Å². The molecule has 0 amide bonds. The lowest BCUT2D eigenvalue weighted by Crippen LogP contribution is -2.31. The number of hydrogen-bond donors (Lipinski definition) is 1. The highest BCUT2D eigenvalue weighted by Gasteiger charge is 2.33. The van der Waals surface area contributed by atoms with Crippen molar-refractivity contribution in [1.29, 1.82) is 0 Å². The Morgan fingerprint density at radius 1 is 1.57 bits per heavy atom. The first-order valence-electron chi connectivity index (χ1n) is 6.83. The number of imidazole rings is 1. The third-order valence-corrected chi connectivity index (χ3v) is 5.11. The maximum atomic E-state index is 10.8. The molecule has 2 heterocycles. The van der Waals surface area contributed by atoms with E-state index in [9.17, 15) is 4.79 Å². The molecule has 2 aromatic heterocycles. The molecule has 0 aliphatic heterocycles. The second-order valence-corrected chi connectivity index (χ2v) is 7.20. The van der Waals surface area contributed by atoms with Gasteiger partial charge in [-0.15, -0.1) is 0 Å². The molecule has 0 saturated heterocycles. The Morgan fingerprint density at radius 2 is 2.33 bits per heavy atom. The molecular formula is C14H16ClN3O2S. The molecule has 0 bridgehead atoms. The average molecular weight is 326 g/mol. The molecule has 1 saturated carbocycles. The summed E-state index contributed by atoms with van der Waals surface area (Å²) in [5.74, 6) is -0.854. The van der Waals surface area contributed by atoms with Crippen LogP contribution in [0.1, 0.15) is 26.2 Å². The Bertz CT molecular complexity index is 697. The van der Waals surface area contributed by atoms with Crippen molar-refractivity contribution in [3.8, 4) is 0 Å². The highest BCUT2D eigenvalue weighted by Crippen LogP contribution is 2.43. The summed E-state index contributed by atoms with van der Waals surface area (Å²) < 4.78 is 2.04.